The summed E-state index contributed by atoms with van der Waals surface area (Å²) in [6.07, 6.45) is 10.3. The third-order valence-corrected chi connectivity index (χ3v) is 7.63. The molecule has 5 heterocycles. The van der Waals surface area contributed by atoms with Crippen molar-refractivity contribution in [2.45, 2.75) is 37.8 Å². The summed E-state index contributed by atoms with van der Waals surface area (Å²) in [6.45, 7) is 2.71. The number of ether oxygens (including phenoxy) is 1. The molecule has 1 aromatic carbocycles. The molecule has 1 amide bonds. The Morgan fingerprint density at radius 1 is 1.12 bits per heavy atom. The quantitative estimate of drug-likeness (QED) is 0.636. The number of rotatable bonds is 3. The van der Waals surface area contributed by atoms with Crippen molar-refractivity contribution < 1.29 is 9.53 Å². The summed E-state index contributed by atoms with van der Waals surface area (Å²) in [7, 11) is 1.72. The third kappa shape index (κ3) is 3.35. The van der Waals surface area contributed by atoms with Crippen molar-refractivity contribution in [2.24, 2.45) is 11.8 Å². The summed E-state index contributed by atoms with van der Waals surface area (Å²) >= 11 is 0. The standard InChI is InChI=1S/C25H29N5O2/c1-32-20-8-6-18(7-9-20)22-4-2-5-23-19-12-17(14-30(22)23)13-29(15-19)24(31)21-16-28-11-3-10-26-25(28)27-21/h3,6-11,16-17,19,22-23H,2,4-5,12-15H2,1H3/t17-,19+,22+,23-/m0/s1. The first-order valence-corrected chi connectivity index (χ1v) is 11.7. The van der Waals surface area contributed by atoms with Gasteiger partial charge in [0.05, 0.1) is 7.11 Å². The number of hydrogen-bond donors (Lipinski definition) is 0. The summed E-state index contributed by atoms with van der Waals surface area (Å²) in [4.78, 5) is 26.8. The Kier molecular flexibility index (Phi) is 4.86. The largest absolute Gasteiger partial charge is 0.497 e. The number of aromatic nitrogens is 3. The molecule has 0 spiro atoms. The van der Waals surface area contributed by atoms with E-state index in [0.29, 0.717) is 35.4 Å². The molecule has 3 aliphatic heterocycles. The van der Waals surface area contributed by atoms with Gasteiger partial charge in [0, 0.05) is 50.3 Å². The molecule has 0 radical (unpaired) electrons. The summed E-state index contributed by atoms with van der Waals surface area (Å²) in [5.41, 5.74) is 1.89. The number of benzene rings is 1. The van der Waals surface area contributed by atoms with Crippen LogP contribution in [0.15, 0.2) is 48.9 Å². The number of likely N-dealkylation sites (tertiary alicyclic amines) is 1. The highest BCUT2D eigenvalue weighted by Gasteiger charge is 2.46. The summed E-state index contributed by atoms with van der Waals surface area (Å²) in [5, 5.41) is 0. The Morgan fingerprint density at radius 2 is 2.00 bits per heavy atom. The van der Waals surface area contributed by atoms with E-state index in [1.165, 1.54) is 31.2 Å². The van der Waals surface area contributed by atoms with Crippen LogP contribution in [-0.2, 0) is 0 Å². The zero-order valence-corrected chi connectivity index (χ0v) is 18.4. The van der Waals surface area contributed by atoms with E-state index in [1.54, 1.807) is 13.3 Å². The van der Waals surface area contributed by atoms with Gasteiger partial charge >= 0.3 is 0 Å². The van der Waals surface area contributed by atoms with Crippen molar-refractivity contribution >= 4 is 11.7 Å². The van der Waals surface area contributed by atoms with Crippen molar-refractivity contribution in [1.29, 1.82) is 0 Å². The minimum Gasteiger partial charge on any atom is -0.497 e. The fraction of sp³-hybridized carbons (Fsp3) is 0.480. The van der Waals surface area contributed by atoms with Gasteiger partial charge < -0.3 is 9.64 Å². The maximum atomic E-state index is 13.3. The predicted molar refractivity (Wildman–Crippen MR) is 121 cm³/mol. The van der Waals surface area contributed by atoms with Crippen LogP contribution in [0.4, 0.5) is 0 Å². The van der Waals surface area contributed by atoms with E-state index in [0.717, 1.165) is 25.4 Å². The lowest BCUT2D eigenvalue weighted by atomic mass is 9.74. The number of carbonyl (C=O) groups is 1. The van der Waals surface area contributed by atoms with Crippen LogP contribution in [0.25, 0.3) is 5.78 Å². The van der Waals surface area contributed by atoms with Crippen LogP contribution in [0.1, 0.15) is 47.8 Å². The Labute approximate surface area is 188 Å². The molecular formula is C25H29N5O2. The van der Waals surface area contributed by atoms with Crippen LogP contribution in [-0.4, -0.2) is 62.9 Å². The first kappa shape index (κ1) is 19.7. The monoisotopic (exact) mass is 431 g/mol. The van der Waals surface area contributed by atoms with Crippen LogP contribution in [0.5, 0.6) is 5.75 Å². The molecule has 3 fully saturated rings. The highest BCUT2D eigenvalue weighted by atomic mass is 16.5. The molecule has 0 unspecified atom stereocenters. The van der Waals surface area contributed by atoms with Gasteiger partial charge in [-0.05, 0) is 61.3 Å². The molecule has 6 rings (SSSR count). The number of amides is 1. The number of nitrogens with zero attached hydrogens (tertiary/aromatic N) is 5. The molecule has 0 N–H and O–H groups in total. The summed E-state index contributed by atoms with van der Waals surface area (Å²) < 4.78 is 7.17. The molecule has 2 aromatic heterocycles. The van der Waals surface area contributed by atoms with E-state index < -0.39 is 0 Å². The van der Waals surface area contributed by atoms with E-state index in [-0.39, 0.29) is 5.91 Å². The molecule has 3 saturated heterocycles. The van der Waals surface area contributed by atoms with Crippen LogP contribution in [0.2, 0.25) is 0 Å². The highest BCUT2D eigenvalue weighted by molar-refractivity contribution is 5.92. The molecule has 7 nitrogen and oxygen atoms in total. The van der Waals surface area contributed by atoms with Gasteiger partial charge in [-0.1, -0.05) is 12.1 Å². The molecule has 2 bridgehead atoms. The number of carbonyl (C=O) groups excluding carboxylic acids is 1. The van der Waals surface area contributed by atoms with Crippen molar-refractivity contribution in [1.82, 2.24) is 24.2 Å². The minimum atomic E-state index is 0.0427. The Hall–Kier alpha value is -2.93. The number of hydrogen-bond acceptors (Lipinski definition) is 5. The molecule has 166 valence electrons. The fourth-order valence-electron chi connectivity index (χ4n) is 6.25. The van der Waals surface area contributed by atoms with Gasteiger partial charge in [0.2, 0.25) is 5.78 Å². The molecular weight excluding hydrogens is 402 g/mol. The molecule has 4 atom stereocenters. The zero-order valence-electron chi connectivity index (χ0n) is 18.4. The van der Waals surface area contributed by atoms with Crippen LogP contribution in [0, 0.1) is 11.8 Å². The normalized spacial score (nSPS) is 27.8. The van der Waals surface area contributed by atoms with Gasteiger partial charge in [-0.3, -0.25) is 14.1 Å². The minimum absolute atomic E-state index is 0.0427. The van der Waals surface area contributed by atoms with Gasteiger partial charge in [0.15, 0.2) is 0 Å². The van der Waals surface area contributed by atoms with E-state index in [4.69, 9.17) is 4.74 Å². The Balaban J connectivity index is 1.21. The molecule has 3 aliphatic rings. The van der Waals surface area contributed by atoms with Crippen LogP contribution in [0.3, 0.4) is 0 Å². The van der Waals surface area contributed by atoms with Gasteiger partial charge in [-0.25, -0.2) is 9.97 Å². The molecule has 0 saturated carbocycles. The average molecular weight is 432 g/mol. The van der Waals surface area contributed by atoms with Crippen molar-refractivity contribution in [3.05, 3.63) is 60.2 Å². The van der Waals surface area contributed by atoms with E-state index in [2.05, 4.69) is 44.0 Å². The van der Waals surface area contributed by atoms with Gasteiger partial charge in [0.1, 0.15) is 11.4 Å². The predicted octanol–water partition coefficient (Wildman–Crippen LogP) is 3.43. The second-order valence-corrected chi connectivity index (χ2v) is 9.51. The smallest absolute Gasteiger partial charge is 0.274 e. The first-order valence-electron chi connectivity index (χ1n) is 11.7. The SMILES string of the molecule is COc1ccc([C@H]2CCC[C@H]3[C@@H]4C[C@@H](CN(C(=O)c5cn6cccnc6n5)C4)CN23)cc1. The van der Waals surface area contributed by atoms with Gasteiger partial charge in [0.25, 0.3) is 5.91 Å². The van der Waals surface area contributed by atoms with Gasteiger partial charge in [-0.15, -0.1) is 0 Å². The molecule has 32 heavy (non-hydrogen) atoms. The number of imidazole rings is 1. The lowest BCUT2D eigenvalue weighted by Gasteiger charge is -2.55. The second-order valence-electron chi connectivity index (χ2n) is 9.51. The topological polar surface area (TPSA) is 63.0 Å². The van der Waals surface area contributed by atoms with Crippen LogP contribution >= 0.6 is 0 Å². The zero-order chi connectivity index (χ0) is 21.7. The van der Waals surface area contributed by atoms with Crippen molar-refractivity contribution in [3.8, 4) is 5.75 Å². The number of methoxy groups -OCH3 is 1. The highest BCUT2D eigenvalue weighted by Crippen LogP contribution is 2.44. The van der Waals surface area contributed by atoms with Crippen molar-refractivity contribution in [3.63, 3.8) is 0 Å². The van der Waals surface area contributed by atoms with E-state index in [1.807, 2.05) is 22.9 Å². The van der Waals surface area contributed by atoms with Crippen molar-refractivity contribution in [2.75, 3.05) is 26.7 Å². The summed E-state index contributed by atoms with van der Waals surface area (Å²) in [6, 6.07) is 11.5. The molecule has 3 aromatic rings. The fourth-order valence-corrected chi connectivity index (χ4v) is 6.25. The second kappa shape index (κ2) is 7.89. The first-order chi connectivity index (χ1) is 15.7. The lowest BCUT2D eigenvalue weighted by molar-refractivity contribution is -0.0512. The number of fused-ring (bicyclic) bond motifs is 5. The van der Waals surface area contributed by atoms with Gasteiger partial charge in [-0.2, -0.15) is 0 Å². The maximum absolute atomic E-state index is 13.3. The average Bonchev–Trinajstić information content (AvgIpc) is 3.27. The third-order valence-electron chi connectivity index (χ3n) is 7.63. The number of piperidine rings is 3. The Morgan fingerprint density at radius 3 is 2.81 bits per heavy atom. The van der Waals surface area contributed by atoms with E-state index in [9.17, 15) is 4.79 Å². The molecule has 7 heteroatoms. The van der Waals surface area contributed by atoms with E-state index >= 15 is 0 Å². The molecule has 0 aliphatic carbocycles. The maximum Gasteiger partial charge on any atom is 0.274 e. The Bertz CT molecular complexity index is 1090. The lowest BCUT2D eigenvalue weighted by Crippen LogP contribution is -2.60. The van der Waals surface area contributed by atoms with Crippen LogP contribution < -0.4 is 4.74 Å². The summed E-state index contributed by atoms with van der Waals surface area (Å²) in [5.74, 6) is 2.58.